The van der Waals surface area contributed by atoms with Crippen LogP contribution < -0.4 is 19.7 Å². The highest BCUT2D eigenvalue weighted by Crippen LogP contribution is 2.25. The molecule has 0 aliphatic carbocycles. The predicted octanol–water partition coefficient (Wildman–Crippen LogP) is 3.41. The van der Waals surface area contributed by atoms with E-state index in [1.807, 2.05) is 20.8 Å². The summed E-state index contributed by atoms with van der Waals surface area (Å²) in [7, 11) is -3.77. The molecule has 2 rings (SSSR count). The summed E-state index contributed by atoms with van der Waals surface area (Å²) in [4.78, 5) is 25.6. The van der Waals surface area contributed by atoms with E-state index in [-0.39, 0.29) is 11.9 Å². The van der Waals surface area contributed by atoms with Crippen molar-refractivity contribution in [2.45, 2.75) is 46.2 Å². The Morgan fingerprint density at radius 1 is 1.03 bits per heavy atom. The molecule has 0 aliphatic rings. The molecule has 0 aliphatic heterocycles. The number of hydrogen-bond acceptors (Lipinski definition) is 5. The van der Waals surface area contributed by atoms with Crippen LogP contribution in [0.15, 0.2) is 48.5 Å². The molecule has 9 heteroatoms. The number of sulfonamides is 1. The third kappa shape index (κ3) is 6.46. The summed E-state index contributed by atoms with van der Waals surface area (Å²) in [6.45, 7) is 7.68. The number of rotatable bonds is 10. The lowest BCUT2D eigenvalue weighted by molar-refractivity contribution is -0.116. The van der Waals surface area contributed by atoms with Crippen LogP contribution in [0.1, 0.15) is 44.5 Å². The van der Waals surface area contributed by atoms with Gasteiger partial charge in [-0.15, -0.1) is 0 Å². The van der Waals surface area contributed by atoms with Gasteiger partial charge in [-0.1, -0.05) is 19.1 Å². The van der Waals surface area contributed by atoms with Crippen molar-refractivity contribution in [3.05, 3.63) is 54.1 Å². The monoisotopic (exact) mass is 461 g/mol. The van der Waals surface area contributed by atoms with Gasteiger partial charge in [-0.2, -0.15) is 0 Å². The molecular formula is C23H31N3O5S. The van der Waals surface area contributed by atoms with E-state index < -0.39 is 22.0 Å². The normalized spacial score (nSPS) is 13.0. The zero-order valence-corrected chi connectivity index (χ0v) is 19.9. The second kappa shape index (κ2) is 11.0. The first-order valence-corrected chi connectivity index (χ1v) is 12.4. The van der Waals surface area contributed by atoms with E-state index in [2.05, 4.69) is 10.6 Å². The van der Waals surface area contributed by atoms with Gasteiger partial charge in [0.05, 0.1) is 29.8 Å². The van der Waals surface area contributed by atoms with Crippen molar-refractivity contribution in [3.63, 3.8) is 0 Å². The molecule has 0 bridgehead atoms. The fourth-order valence-corrected chi connectivity index (χ4v) is 4.27. The highest BCUT2D eigenvalue weighted by Gasteiger charge is 2.30. The lowest BCUT2D eigenvalue weighted by Crippen LogP contribution is -2.45. The van der Waals surface area contributed by atoms with E-state index in [4.69, 9.17) is 4.74 Å². The van der Waals surface area contributed by atoms with Gasteiger partial charge >= 0.3 is 0 Å². The van der Waals surface area contributed by atoms with E-state index in [0.717, 1.165) is 17.0 Å². The maximum absolute atomic E-state index is 13.0. The Labute approximate surface area is 190 Å². The molecule has 0 heterocycles. The summed E-state index contributed by atoms with van der Waals surface area (Å²) < 4.78 is 31.5. The Morgan fingerprint density at radius 2 is 1.66 bits per heavy atom. The molecule has 2 N–H and O–H groups in total. The minimum atomic E-state index is -3.77. The summed E-state index contributed by atoms with van der Waals surface area (Å²) >= 11 is 0. The van der Waals surface area contributed by atoms with Gasteiger partial charge in [0, 0.05) is 6.04 Å². The summed E-state index contributed by atoms with van der Waals surface area (Å²) in [6, 6.07) is 12.0. The molecule has 2 aromatic rings. The first-order valence-electron chi connectivity index (χ1n) is 10.5. The first kappa shape index (κ1) is 25.2. The van der Waals surface area contributed by atoms with Crippen LogP contribution in [0.5, 0.6) is 5.75 Å². The predicted molar refractivity (Wildman–Crippen MR) is 127 cm³/mol. The maximum Gasteiger partial charge on any atom is 0.253 e. The van der Waals surface area contributed by atoms with E-state index in [1.165, 1.54) is 6.92 Å². The number of nitrogens with one attached hydrogen (secondary N) is 2. The highest BCUT2D eigenvalue weighted by molar-refractivity contribution is 7.92. The lowest BCUT2D eigenvalue weighted by Gasteiger charge is -2.28. The van der Waals surface area contributed by atoms with Crippen molar-refractivity contribution >= 4 is 33.2 Å². The maximum atomic E-state index is 13.0. The van der Waals surface area contributed by atoms with Gasteiger partial charge in [0.15, 0.2) is 0 Å². The number of carbonyl (C=O) groups excluding carboxylic acids is 2. The van der Waals surface area contributed by atoms with Gasteiger partial charge < -0.3 is 15.4 Å². The van der Waals surface area contributed by atoms with Crippen LogP contribution in [0.25, 0.3) is 0 Å². The van der Waals surface area contributed by atoms with Crippen LogP contribution in [0.4, 0.5) is 11.4 Å². The largest absolute Gasteiger partial charge is 0.494 e. The number of carbonyl (C=O) groups is 2. The van der Waals surface area contributed by atoms with Gasteiger partial charge in [0.25, 0.3) is 5.91 Å². The van der Waals surface area contributed by atoms with E-state index in [9.17, 15) is 18.0 Å². The number of ether oxygens (including phenoxy) is 1. The summed E-state index contributed by atoms with van der Waals surface area (Å²) in [6.07, 6.45) is 1.81. The molecule has 174 valence electrons. The summed E-state index contributed by atoms with van der Waals surface area (Å²) in [5.74, 6) is -0.273. The average Bonchev–Trinajstić information content (AvgIpc) is 2.74. The number of nitrogens with zero attached hydrogens (tertiary/aromatic N) is 1. The highest BCUT2D eigenvalue weighted by atomic mass is 32.2. The molecule has 8 nitrogen and oxygen atoms in total. The number of anilines is 2. The van der Waals surface area contributed by atoms with Crippen LogP contribution in [0, 0.1) is 0 Å². The Bertz CT molecular complexity index is 1040. The van der Waals surface area contributed by atoms with E-state index in [0.29, 0.717) is 29.3 Å². The number of amides is 2. The third-order valence-corrected chi connectivity index (χ3v) is 6.15. The van der Waals surface area contributed by atoms with Crippen molar-refractivity contribution in [2.24, 2.45) is 0 Å². The second-order valence-corrected chi connectivity index (χ2v) is 9.34. The standard InChI is InChI=1S/C23H31N3O5S/c1-6-16(3)24-23(28)20-10-8-9-11-21(20)25-22(27)17(4)26(32(5,29)30)18-12-14-19(15-13-18)31-7-2/h8-17H,6-7H2,1-5H3,(H,24,28)(H,25,27)/t16-,17+/m0/s1. The van der Waals surface area contributed by atoms with E-state index in [1.54, 1.807) is 48.5 Å². The topological polar surface area (TPSA) is 105 Å². The molecule has 0 saturated carbocycles. The molecule has 0 unspecified atom stereocenters. The molecule has 2 atom stereocenters. The third-order valence-electron chi connectivity index (χ3n) is 4.91. The van der Waals surface area contributed by atoms with Crippen LogP contribution in [-0.2, 0) is 14.8 Å². The van der Waals surface area contributed by atoms with Gasteiger partial charge in [-0.25, -0.2) is 8.42 Å². The Balaban J connectivity index is 2.29. The fourth-order valence-electron chi connectivity index (χ4n) is 3.10. The molecule has 0 spiro atoms. The molecule has 0 saturated heterocycles. The van der Waals surface area contributed by atoms with Crippen molar-refractivity contribution in [1.29, 1.82) is 0 Å². The first-order chi connectivity index (χ1) is 15.1. The summed E-state index contributed by atoms with van der Waals surface area (Å²) in [5, 5.41) is 5.57. The molecule has 0 fully saturated rings. The Morgan fingerprint density at radius 3 is 2.22 bits per heavy atom. The quantitative estimate of drug-likeness (QED) is 0.564. The van der Waals surface area contributed by atoms with E-state index >= 15 is 0 Å². The molecular weight excluding hydrogens is 430 g/mol. The fraction of sp³-hybridized carbons (Fsp3) is 0.391. The van der Waals surface area contributed by atoms with Crippen LogP contribution in [-0.4, -0.2) is 45.2 Å². The molecule has 0 aromatic heterocycles. The molecule has 2 aromatic carbocycles. The smallest absolute Gasteiger partial charge is 0.253 e. The molecule has 2 amide bonds. The minimum absolute atomic E-state index is 0.0226. The van der Waals surface area contributed by atoms with Crippen molar-refractivity contribution < 1.29 is 22.7 Å². The average molecular weight is 462 g/mol. The zero-order chi connectivity index (χ0) is 23.9. The SMILES string of the molecule is CCOc1ccc(N([C@H](C)C(=O)Nc2ccccc2C(=O)N[C@@H](C)CC)S(C)(=O)=O)cc1. The van der Waals surface area contributed by atoms with Gasteiger partial charge in [0.2, 0.25) is 15.9 Å². The number of benzene rings is 2. The van der Waals surface area contributed by atoms with Gasteiger partial charge in [-0.3, -0.25) is 13.9 Å². The van der Waals surface area contributed by atoms with Crippen LogP contribution in [0.2, 0.25) is 0 Å². The van der Waals surface area contributed by atoms with Crippen LogP contribution in [0.3, 0.4) is 0 Å². The Hall–Kier alpha value is -3.07. The molecule has 0 radical (unpaired) electrons. The summed E-state index contributed by atoms with van der Waals surface area (Å²) in [5.41, 5.74) is 0.951. The Kier molecular flexibility index (Phi) is 8.65. The van der Waals surface area contributed by atoms with Crippen molar-refractivity contribution in [2.75, 3.05) is 22.5 Å². The number of hydrogen-bond donors (Lipinski definition) is 2. The number of para-hydroxylation sites is 1. The van der Waals surface area contributed by atoms with Gasteiger partial charge in [-0.05, 0) is 63.6 Å². The van der Waals surface area contributed by atoms with Crippen molar-refractivity contribution in [1.82, 2.24) is 5.32 Å². The van der Waals surface area contributed by atoms with Gasteiger partial charge in [0.1, 0.15) is 11.8 Å². The zero-order valence-electron chi connectivity index (χ0n) is 19.1. The van der Waals surface area contributed by atoms with Crippen LogP contribution >= 0.6 is 0 Å². The lowest BCUT2D eigenvalue weighted by atomic mass is 10.1. The minimum Gasteiger partial charge on any atom is -0.494 e. The molecule has 32 heavy (non-hydrogen) atoms. The van der Waals surface area contributed by atoms with Crippen molar-refractivity contribution in [3.8, 4) is 5.75 Å². The second-order valence-electron chi connectivity index (χ2n) is 7.48.